The molecule has 0 saturated heterocycles. The first-order valence-corrected chi connectivity index (χ1v) is 11.9. The number of hydrogen-bond acceptors (Lipinski definition) is 9. The maximum atomic E-state index is 12.9. The average molecular weight is 551 g/mol. The van der Waals surface area contributed by atoms with Gasteiger partial charge >= 0.3 is 5.97 Å². The standard InChI is InChI=1S/C23H34N8O8/c1-13(27-18(32)10-11-19(33)39-3)20(34)28-14(2)21(35)30-17(5-4-12-26-23(24)25)22(36)29-15-6-8-16(9-7-15)31(37)38/h6-9,13-14,17H,4-5,10-12H2,1-3H3,(H,27,32)(H,28,34)(H,29,36)(H,30,35)(H4,24,25,26)/t13-,14-,17-/m0/s1. The van der Waals surface area contributed by atoms with E-state index in [0.717, 1.165) is 0 Å². The van der Waals surface area contributed by atoms with Gasteiger partial charge in [-0.15, -0.1) is 0 Å². The molecule has 1 aromatic rings. The topological polar surface area (TPSA) is 250 Å². The molecule has 0 unspecified atom stereocenters. The highest BCUT2D eigenvalue weighted by Gasteiger charge is 2.26. The maximum absolute atomic E-state index is 12.9. The van der Waals surface area contributed by atoms with Gasteiger partial charge in [-0.3, -0.25) is 39.1 Å². The van der Waals surface area contributed by atoms with Crippen molar-refractivity contribution in [3.8, 4) is 0 Å². The number of carbonyl (C=O) groups excluding carboxylic acids is 5. The summed E-state index contributed by atoms with van der Waals surface area (Å²) in [5.41, 5.74) is 10.7. The molecule has 0 spiro atoms. The Labute approximate surface area is 224 Å². The molecule has 39 heavy (non-hydrogen) atoms. The summed E-state index contributed by atoms with van der Waals surface area (Å²) in [6, 6.07) is 1.97. The Balaban J connectivity index is 2.78. The van der Waals surface area contributed by atoms with Crippen LogP contribution in [-0.4, -0.2) is 72.3 Å². The fourth-order valence-corrected chi connectivity index (χ4v) is 3.07. The zero-order chi connectivity index (χ0) is 29.5. The van der Waals surface area contributed by atoms with E-state index in [1.165, 1.54) is 45.2 Å². The Hall–Kier alpha value is -4.76. The zero-order valence-corrected chi connectivity index (χ0v) is 21.9. The number of esters is 1. The van der Waals surface area contributed by atoms with E-state index in [-0.39, 0.29) is 43.1 Å². The van der Waals surface area contributed by atoms with E-state index in [4.69, 9.17) is 11.5 Å². The van der Waals surface area contributed by atoms with Gasteiger partial charge in [0.05, 0.1) is 18.5 Å². The third-order valence-corrected chi connectivity index (χ3v) is 5.23. The first kappa shape index (κ1) is 32.3. The van der Waals surface area contributed by atoms with Gasteiger partial charge in [-0.2, -0.15) is 0 Å². The maximum Gasteiger partial charge on any atom is 0.306 e. The van der Waals surface area contributed by atoms with E-state index in [1.807, 2.05) is 0 Å². The highest BCUT2D eigenvalue weighted by Crippen LogP contribution is 2.16. The predicted molar refractivity (Wildman–Crippen MR) is 140 cm³/mol. The zero-order valence-electron chi connectivity index (χ0n) is 21.9. The molecular formula is C23H34N8O8. The molecule has 0 fully saturated rings. The van der Waals surface area contributed by atoms with Crippen LogP contribution in [0.25, 0.3) is 0 Å². The minimum absolute atomic E-state index is 0.131. The molecule has 0 heterocycles. The lowest BCUT2D eigenvalue weighted by atomic mass is 10.1. The predicted octanol–water partition coefficient (Wildman–Crippen LogP) is -0.966. The van der Waals surface area contributed by atoms with E-state index in [0.29, 0.717) is 6.42 Å². The Morgan fingerprint density at radius 1 is 0.949 bits per heavy atom. The lowest BCUT2D eigenvalue weighted by Gasteiger charge is -2.22. The van der Waals surface area contributed by atoms with Crippen LogP contribution in [-0.2, 0) is 28.7 Å². The van der Waals surface area contributed by atoms with Crippen LogP contribution in [0.3, 0.4) is 0 Å². The van der Waals surface area contributed by atoms with E-state index in [9.17, 15) is 34.1 Å². The van der Waals surface area contributed by atoms with Crippen molar-refractivity contribution >= 4 is 46.9 Å². The summed E-state index contributed by atoms with van der Waals surface area (Å²) in [5, 5.41) is 20.8. The highest BCUT2D eigenvalue weighted by molar-refractivity contribution is 5.98. The molecule has 0 aliphatic carbocycles. The molecule has 214 valence electrons. The molecule has 0 radical (unpaired) electrons. The summed E-state index contributed by atoms with van der Waals surface area (Å²) < 4.78 is 4.46. The van der Waals surface area contributed by atoms with Crippen LogP contribution in [0.15, 0.2) is 29.3 Å². The Kier molecular flexibility index (Phi) is 13.4. The average Bonchev–Trinajstić information content (AvgIpc) is 2.88. The number of guanidine groups is 1. The number of nitrogens with two attached hydrogens (primary N) is 2. The van der Waals surface area contributed by atoms with Crippen LogP contribution < -0.4 is 32.7 Å². The molecule has 3 atom stereocenters. The number of ether oxygens (including phenoxy) is 1. The largest absolute Gasteiger partial charge is 0.469 e. The molecule has 0 aliphatic rings. The number of nitro benzene ring substituents is 1. The number of nitrogens with one attached hydrogen (secondary N) is 4. The molecular weight excluding hydrogens is 516 g/mol. The number of nitrogens with zero attached hydrogens (tertiary/aromatic N) is 2. The molecule has 16 nitrogen and oxygen atoms in total. The van der Waals surface area contributed by atoms with Crippen molar-refractivity contribution < 1.29 is 33.6 Å². The van der Waals surface area contributed by atoms with Crippen LogP contribution in [0.4, 0.5) is 11.4 Å². The van der Waals surface area contributed by atoms with Crippen molar-refractivity contribution in [3.05, 3.63) is 34.4 Å². The summed E-state index contributed by atoms with van der Waals surface area (Å²) in [6.45, 7) is 2.99. The minimum Gasteiger partial charge on any atom is -0.469 e. The minimum atomic E-state index is -1.08. The fraction of sp³-hybridized carbons (Fsp3) is 0.478. The van der Waals surface area contributed by atoms with Gasteiger partial charge in [0.15, 0.2) is 5.96 Å². The first-order chi connectivity index (χ1) is 18.3. The number of amides is 4. The molecule has 1 rings (SSSR count). The Morgan fingerprint density at radius 3 is 2.10 bits per heavy atom. The number of non-ortho nitro benzene ring substituents is 1. The van der Waals surface area contributed by atoms with Gasteiger partial charge in [-0.05, 0) is 38.8 Å². The van der Waals surface area contributed by atoms with E-state index >= 15 is 0 Å². The van der Waals surface area contributed by atoms with Gasteiger partial charge in [-0.1, -0.05) is 0 Å². The SMILES string of the molecule is COC(=O)CCC(=O)N[C@@H](C)C(=O)N[C@@H](C)C(=O)N[C@@H](CCCN=C(N)N)C(=O)Nc1ccc([N+](=O)[O-])cc1. The van der Waals surface area contributed by atoms with Gasteiger partial charge in [0.2, 0.25) is 23.6 Å². The molecule has 8 N–H and O–H groups in total. The first-order valence-electron chi connectivity index (χ1n) is 11.9. The van der Waals surface area contributed by atoms with Gasteiger partial charge in [-0.25, -0.2) is 0 Å². The highest BCUT2D eigenvalue weighted by atomic mass is 16.6. The normalized spacial score (nSPS) is 12.6. The number of nitro groups is 1. The third kappa shape index (κ3) is 12.4. The van der Waals surface area contributed by atoms with E-state index < -0.39 is 52.6 Å². The van der Waals surface area contributed by atoms with Crippen LogP contribution in [0.2, 0.25) is 0 Å². The van der Waals surface area contributed by atoms with Crippen molar-refractivity contribution in [2.24, 2.45) is 16.5 Å². The van der Waals surface area contributed by atoms with Gasteiger partial charge in [0.1, 0.15) is 18.1 Å². The van der Waals surface area contributed by atoms with Crippen LogP contribution >= 0.6 is 0 Å². The van der Waals surface area contributed by atoms with Gasteiger partial charge in [0, 0.05) is 30.8 Å². The van der Waals surface area contributed by atoms with Crippen molar-refractivity contribution in [2.75, 3.05) is 19.0 Å². The van der Waals surface area contributed by atoms with E-state index in [1.54, 1.807) is 0 Å². The van der Waals surface area contributed by atoms with Crippen LogP contribution in [0.5, 0.6) is 0 Å². The second-order valence-corrected chi connectivity index (χ2v) is 8.40. The molecule has 16 heteroatoms. The van der Waals surface area contributed by atoms with Crippen LogP contribution in [0.1, 0.15) is 39.5 Å². The number of benzene rings is 1. The van der Waals surface area contributed by atoms with Gasteiger partial charge in [0.25, 0.3) is 5.69 Å². The van der Waals surface area contributed by atoms with Gasteiger partial charge < -0.3 is 37.5 Å². The second kappa shape index (κ2) is 16.2. The number of hydrogen-bond donors (Lipinski definition) is 6. The summed E-state index contributed by atoms with van der Waals surface area (Å²) in [7, 11) is 1.19. The number of methoxy groups -OCH3 is 1. The van der Waals surface area contributed by atoms with Crippen LogP contribution in [0, 0.1) is 10.1 Å². The summed E-state index contributed by atoms with van der Waals surface area (Å²) in [6.07, 6.45) is 0.133. The second-order valence-electron chi connectivity index (χ2n) is 8.40. The van der Waals surface area contributed by atoms with Crippen molar-refractivity contribution in [1.29, 1.82) is 0 Å². The van der Waals surface area contributed by atoms with E-state index in [2.05, 4.69) is 31.0 Å². The molecule has 1 aromatic carbocycles. The number of carbonyl (C=O) groups is 5. The molecule has 4 amide bonds. The number of anilines is 1. The summed E-state index contributed by atoms with van der Waals surface area (Å²) in [5.74, 6) is -3.20. The smallest absolute Gasteiger partial charge is 0.306 e. The Morgan fingerprint density at radius 2 is 1.54 bits per heavy atom. The molecule has 0 aliphatic heterocycles. The summed E-state index contributed by atoms with van der Waals surface area (Å²) >= 11 is 0. The van der Waals surface area contributed by atoms with Crippen molar-refractivity contribution in [2.45, 2.75) is 57.7 Å². The molecule has 0 saturated carbocycles. The third-order valence-electron chi connectivity index (χ3n) is 5.23. The Bertz CT molecular complexity index is 1070. The molecule has 0 bridgehead atoms. The quantitative estimate of drug-likeness (QED) is 0.0389. The monoisotopic (exact) mass is 550 g/mol. The lowest BCUT2D eigenvalue weighted by Crippen LogP contribution is -2.54. The summed E-state index contributed by atoms with van der Waals surface area (Å²) in [4.78, 5) is 75.2. The lowest BCUT2D eigenvalue weighted by molar-refractivity contribution is -0.384. The number of aliphatic imine (C=N–C) groups is 1. The molecule has 0 aromatic heterocycles. The van der Waals surface area contributed by atoms with Crippen molar-refractivity contribution in [1.82, 2.24) is 16.0 Å². The van der Waals surface area contributed by atoms with Crippen molar-refractivity contribution in [3.63, 3.8) is 0 Å². The number of rotatable bonds is 15. The fourth-order valence-electron chi connectivity index (χ4n) is 3.07.